The second-order valence-corrected chi connectivity index (χ2v) is 8.87. The van der Waals surface area contributed by atoms with Crippen molar-refractivity contribution in [2.24, 2.45) is 0 Å². The highest BCUT2D eigenvalue weighted by atomic mass is 32.1. The smallest absolute Gasteiger partial charge is 0.262 e. The molecule has 6 nitrogen and oxygen atoms in total. The zero-order valence-corrected chi connectivity index (χ0v) is 18.6. The summed E-state index contributed by atoms with van der Waals surface area (Å²) in [6, 6.07) is 6.04. The summed E-state index contributed by atoms with van der Waals surface area (Å²) < 4.78 is 1.43. The molecular formula is C23H28N4O2S. The first kappa shape index (κ1) is 20.6. The van der Waals surface area contributed by atoms with Gasteiger partial charge in [-0.2, -0.15) is 0 Å². The molecular weight excluding hydrogens is 396 g/mol. The van der Waals surface area contributed by atoms with E-state index in [4.69, 9.17) is 0 Å². The summed E-state index contributed by atoms with van der Waals surface area (Å²) in [5.74, 6) is -0.221. The zero-order valence-electron chi connectivity index (χ0n) is 17.8. The predicted molar refractivity (Wildman–Crippen MR) is 124 cm³/mol. The molecule has 3 aromatic rings. The Hall–Kier alpha value is -2.67. The SMILES string of the molecule is CCN(CC)c1ccc(NC(=O)Cn2cnc3sc4c(c3c2=O)CCCC4)c(C)c1. The average molecular weight is 425 g/mol. The van der Waals surface area contributed by atoms with Crippen molar-refractivity contribution in [2.75, 3.05) is 23.3 Å². The average Bonchev–Trinajstić information content (AvgIpc) is 3.12. The number of carbonyl (C=O) groups excluding carboxylic acids is 1. The van der Waals surface area contributed by atoms with E-state index in [0.717, 1.165) is 59.7 Å². The molecule has 0 saturated carbocycles. The van der Waals surface area contributed by atoms with Gasteiger partial charge in [0.15, 0.2) is 0 Å². The van der Waals surface area contributed by atoms with E-state index in [9.17, 15) is 9.59 Å². The number of hydrogen-bond donors (Lipinski definition) is 1. The van der Waals surface area contributed by atoms with E-state index < -0.39 is 0 Å². The third kappa shape index (κ3) is 3.86. The third-order valence-corrected chi connectivity index (χ3v) is 7.07. The molecule has 0 unspecified atom stereocenters. The lowest BCUT2D eigenvalue weighted by Gasteiger charge is -2.22. The monoisotopic (exact) mass is 424 g/mol. The van der Waals surface area contributed by atoms with E-state index >= 15 is 0 Å². The number of amides is 1. The van der Waals surface area contributed by atoms with Crippen LogP contribution in [0.1, 0.15) is 42.7 Å². The fourth-order valence-electron chi connectivity index (χ4n) is 4.21. The van der Waals surface area contributed by atoms with Gasteiger partial charge in [0, 0.05) is 29.3 Å². The summed E-state index contributed by atoms with van der Waals surface area (Å²) >= 11 is 1.62. The number of aromatic nitrogens is 2. The van der Waals surface area contributed by atoms with Crippen LogP contribution in [0, 0.1) is 6.92 Å². The molecule has 0 bridgehead atoms. The highest BCUT2D eigenvalue weighted by molar-refractivity contribution is 7.18. The Morgan fingerprint density at radius 2 is 2.00 bits per heavy atom. The number of benzene rings is 1. The molecule has 7 heteroatoms. The summed E-state index contributed by atoms with van der Waals surface area (Å²) in [6.45, 7) is 8.08. The lowest BCUT2D eigenvalue weighted by atomic mass is 9.97. The van der Waals surface area contributed by atoms with E-state index in [1.807, 2.05) is 19.1 Å². The Labute approximate surface area is 180 Å². The molecule has 158 valence electrons. The van der Waals surface area contributed by atoms with Crippen LogP contribution in [0.4, 0.5) is 11.4 Å². The lowest BCUT2D eigenvalue weighted by molar-refractivity contribution is -0.116. The van der Waals surface area contributed by atoms with Gasteiger partial charge in [0.05, 0.1) is 11.7 Å². The highest BCUT2D eigenvalue weighted by Gasteiger charge is 2.20. The van der Waals surface area contributed by atoms with Crippen LogP contribution in [-0.2, 0) is 24.2 Å². The van der Waals surface area contributed by atoms with E-state index in [0.29, 0.717) is 5.39 Å². The van der Waals surface area contributed by atoms with Crippen LogP contribution in [0.25, 0.3) is 10.2 Å². The summed E-state index contributed by atoms with van der Waals surface area (Å²) in [5.41, 5.74) is 3.95. The molecule has 2 heterocycles. The standard InChI is InChI=1S/C23H28N4O2S/c1-4-26(5-2)16-10-11-18(15(3)12-16)25-20(28)13-27-14-24-22-21(23(27)29)17-8-6-7-9-19(17)30-22/h10-12,14H,4-9,13H2,1-3H3,(H,25,28). The fourth-order valence-corrected chi connectivity index (χ4v) is 5.43. The Morgan fingerprint density at radius 3 is 2.73 bits per heavy atom. The molecule has 0 saturated heterocycles. The lowest BCUT2D eigenvalue weighted by Crippen LogP contribution is -2.28. The molecule has 1 amide bonds. The van der Waals surface area contributed by atoms with Crippen molar-refractivity contribution in [2.45, 2.75) is 53.0 Å². The summed E-state index contributed by atoms with van der Waals surface area (Å²) in [6.07, 6.45) is 5.74. The Bertz CT molecular complexity index is 1140. The maximum Gasteiger partial charge on any atom is 0.262 e. The van der Waals surface area contributed by atoms with Gasteiger partial charge in [-0.15, -0.1) is 11.3 Å². The fraction of sp³-hybridized carbons (Fsp3) is 0.435. The third-order valence-electron chi connectivity index (χ3n) is 5.87. The number of hydrogen-bond acceptors (Lipinski definition) is 5. The zero-order chi connectivity index (χ0) is 21.3. The molecule has 0 fully saturated rings. The quantitative estimate of drug-likeness (QED) is 0.646. The maximum atomic E-state index is 13.0. The maximum absolute atomic E-state index is 13.0. The minimum atomic E-state index is -0.221. The first-order valence-corrected chi connectivity index (χ1v) is 11.5. The van der Waals surface area contributed by atoms with Crippen LogP contribution >= 0.6 is 11.3 Å². The van der Waals surface area contributed by atoms with Crippen LogP contribution in [0.15, 0.2) is 29.3 Å². The molecule has 1 aliphatic rings. The summed E-state index contributed by atoms with van der Waals surface area (Å²) in [5, 5.41) is 3.66. The van der Waals surface area contributed by atoms with Gasteiger partial charge in [-0.1, -0.05) is 0 Å². The molecule has 2 aromatic heterocycles. The molecule has 30 heavy (non-hydrogen) atoms. The Balaban J connectivity index is 1.54. The van der Waals surface area contributed by atoms with Gasteiger partial charge in [0.1, 0.15) is 11.4 Å². The largest absolute Gasteiger partial charge is 0.372 e. The Morgan fingerprint density at radius 1 is 1.23 bits per heavy atom. The predicted octanol–water partition coefficient (Wildman–Crippen LogP) is 4.13. The van der Waals surface area contributed by atoms with Crippen LogP contribution in [0.5, 0.6) is 0 Å². The van der Waals surface area contributed by atoms with Gasteiger partial charge >= 0.3 is 0 Å². The first-order chi connectivity index (χ1) is 14.5. The summed E-state index contributed by atoms with van der Waals surface area (Å²) in [4.78, 5) is 34.5. The van der Waals surface area contributed by atoms with Crippen LogP contribution in [0.3, 0.4) is 0 Å². The second kappa shape index (κ2) is 8.60. The van der Waals surface area contributed by atoms with Crippen molar-refractivity contribution in [1.29, 1.82) is 0 Å². The van der Waals surface area contributed by atoms with E-state index in [1.165, 1.54) is 22.2 Å². The second-order valence-electron chi connectivity index (χ2n) is 7.79. The topological polar surface area (TPSA) is 67.2 Å². The number of anilines is 2. The molecule has 0 aliphatic heterocycles. The number of aryl methyl sites for hydroxylation is 3. The normalized spacial score (nSPS) is 13.3. The number of carbonyl (C=O) groups is 1. The van der Waals surface area contributed by atoms with Crippen molar-refractivity contribution >= 4 is 38.8 Å². The molecule has 4 rings (SSSR count). The highest BCUT2D eigenvalue weighted by Crippen LogP contribution is 2.33. The first-order valence-electron chi connectivity index (χ1n) is 10.7. The molecule has 1 aliphatic carbocycles. The van der Waals surface area contributed by atoms with Gasteiger partial charge in [0.2, 0.25) is 5.91 Å². The van der Waals surface area contributed by atoms with Crippen molar-refractivity contribution in [3.63, 3.8) is 0 Å². The van der Waals surface area contributed by atoms with Gasteiger partial charge in [-0.25, -0.2) is 4.98 Å². The van der Waals surface area contributed by atoms with Gasteiger partial charge < -0.3 is 10.2 Å². The van der Waals surface area contributed by atoms with Crippen LogP contribution < -0.4 is 15.8 Å². The van der Waals surface area contributed by atoms with Crippen molar-refractivity contribution in [1.82, 2.24) is 9.55 Å². The van der Waals surface area contributed by atoms with Crippen LogP contribution in [0.2, 0.25) is 0 Å². The van der Waals surface area contributed by atoms with Crippen molar-refractivity contribution in [3.8, 4) is 0 Å². The van der Waals surface area contributed by atoms with Gasteiger partial charge in [-0.3, -0.25) is 14.2 Å². The number of rotatable bonds is 6. The molecule has 0 radical (unpaired) electrons. The minimum Gasteiger partial charge on any atom is -0.372 e. The van der Waals surface area contributed by atoms with E-state index in [2.05, 4.69) is 35.1 Å². The molecule has 0 spiro atoms. The minimum absolute atomic E-state index is 0.0381. The van der Waals surface area contributed by atoms with E-state index in [-0.39, 0.29) is 18.0 Å². The Kier molecular flexibility index (Phi) is 5.90. The van der Waals surface area contributed by atoms with Gasteiger partial charge in [-0.05, 0) is 75.8 Å². The van der Waals surface area contributed by atoms with E-state index in [1.54, 1.807) is 11.3 Å². The molecule has 0 atom stereocenters. The number of fused-ring (bicyclic) bond motifs is 3. The van der Waals surface area contributed by atoms with Crippen molar-refractivity contribution < 1.29 is 4.79 Å². The number of thiophene rings is 1. The number of nitrogens with zero attached hydrogens (tertiary/aromatic N) is 3. The van der Waals surface area contributed by atoms with Gasteiger partial charge in [0.25, 0.3) is 5.56 Å². The van der Waals surface area contributed by atoms with Crippen LogP contribution in [-0.4, -0.2) is 28.5 Å². The van der Waals surface area contributed by atoms with Crippen molar-refractivity contribution in [3.05, 3.63) is 50.9 Å². The molecule has 1 N–H and O–H groups in total. The molecule has 1 aromatic carbocycles. The summed E-state index contributed by atoms with van der Waals surface area (Å²) in [7, 11) is 0. The number of nitrogens with one attached hydrogen (secondary N) is 1.